The summed E-state index contributed by atoms with van der Waals surface area (Å²) in [5, 5.41) is 0. The van der Waals surface area contributed by atoms with Crippen molar-refractivity contribution in [1.82, 2.24) is 9.55 Å². The van der Waals surface area contributed by atoms with Crippen LogP contribution in [-0.2, 0) is 0 Å². The quantitative estimate of drug-likeness (QED) is 0.646. The van der Waals surface area contributed by atoms with E-state index < -0.39 is 0 Å². The standard InChI is InChI=1S/C15H12N2/c1-3-7-13(8-4-1)15-11-17(12-16-15)14-9-5-2-6-10-14/h1-12H. The average Bonchev–Trinajstić information content (AvgIpc) is 2.90. The second-order valence-electron chi connectivity index (χ2n) is 3.87. The molecular weight excluding hydrogens is 208 g/mol. The number of benzene rings is 2. The SMILES string of the molecule is c1ccc(-c2cn(-c3ccccc3)cn2)cc1. The van der Waals surface area contributed by atoms with Gasteiger partial charge in [-0.05, 0) is 12.1 Å². The lowest BCUT2D eigenvalue weighted by molar-refractivity contribution is 1.06. The van der Waals surface area contributed by atoms with Gasteiger partial charge in [0.1, 0.15) is 0 Å². The lowest BCUT2D eigenvalue weighted by Crippen LogP contribution is -1.87. The van der Waals surface area contributed by atoms with E-state index in [0.717, 1.165) is 16.9 Å². The Kier molecular flexibility index (Phi) is 2.47. The van der Waals surface area contributed by atoms with Crippen LogP contribution >= 0.6 is 0 Å². The van der Waals surface area contributed by atoms with E-state index in [0.29, 0.717) is 0 Å². The third-order valence-corrected chi connectivity index (χ3v) is 2.71. The molecule has 3 aromatic rings. The molecule has 0 fully saturated rings. The summed E-state index contributed by atoms with van der Waals surface area (Å²) in [5.74, 6) is 0. The minimum Gasteiger partial charge on any atom is -0.306 e. The Morgan fingerprint density at radius 3 is 2.12 bits per heavy atom. The minimum absolute atomic E-state index is 0.995. The summed E-state index contributed by atoms with van der Waals surface area (Å²) < 4.78 is 2.03. The molecule has 0 amide bonds. The van der Waals surface area contributed by atoms with Crippen LogP contribution in [0.2, 0.25) is 0 Å². The van der Waals surface area contributed by atoms with Gasteiger partial charge in [-0.1, -0.05) is 48.5 Å². The maximum Gasteiger partial charge on any atom is 0.0999 e. The number of rotatable bonds is 2. The van der Waals surface area contributed by atoms with Gasteiger partial charge >= 0.3 is 0 Å². The predicted molar refractivity (Wildman–Crippen MR) is 69.0 cm³/mol. The number of imidazole rings is 1. The van der Waals surface area contributed by atoms with Crippen molar-refractivity contribution in [3.8, 4) is 16.9 Å². The van der Waals surface area contributed by atoms with E-state index in [1.54, 1.807) is 0 Å². The van der Waals surface area contributed by atoms with Gasteiger partial charge < -0.3 is 4.57 Å². The van der Waals surface area contributed by atoms with Crippen molar-refractivity contribution in [2.45, 2.75) is 0 Å². The van der Waals surface area contributed by atoms with Gasteiger partial charge in [0, 0.05) is 17.4 Å². The molecule has 0 aliphatic heterocycles. The van der Waals surface area contributed by atoms with Crippen LogP contribution in [0.3, 0.4) is 0 Å². The summed E-state index contributed by atoms with van der Waals surface area (Å²) in [5.41, 5.74) is 3.26. The third-order valence-electron chi connectivity index (χ3n) is 2.71. The van der Waals surface area contributed by atoms with Crippen molar-refractivity contribution in [2.75, 3.05) is 0 Å². The highest BCUT2D eigenvalue weighted by molar-refractivity contribution is 5.58. The monoisotopic (exact) mass is 220 g/mol. The van der Waals surface area contributed by atoms with E-state index >= 15 is 0 Å². The van der Waals surface area contributed by atoms with Gasteiger partial charge in [-0.3, -0.25) is 0 Å². The minimum atomic E-state index is 0.995. The number of nitrogens with zero attached hydrogens (tertiary/aromatic N) is 2. The zero-order valence-corrected chi connectivity index (χ0v) is 9.32. The van der Waals surface area contributed by atoms with E-state index in [-0.39, 0.29) is 0 Å². The highest BCUT2D eigenvalue weighted by Gasteiger charge is 2.01. The molecule has 2 heteroatoms. The summed E-state index contributed by atoms with van der Waals surface area (Å²) in [6, 6.07) is 20.4. The Bertz CT molecular complexity index is 543. The molecular formula is C15H12N2. The molecule has 17 heavy (non-hydrogen) atoms. The van der Waals surface area contributed by atoms with E-state index in [2.05, 4.69) is 29.2 Å². The molecule has 2 nitrogen and oxygen atoms in total. The van der Waals surface area contributed by atoms with Crippen LogP contribution in [0, 0.1) is 0 Å². The Morgan fingerprint density at radius 1 is 0.765 bits per heavy atom. The normalized spacial score (nSPS) is 10.4. The Balaban J connectivity index is 1.99. The first-order valence-electron chi connectivity index (χ1n) is 5.58. The van der Waals surface area contributed by atoms with E-state index in [1.165, 1.54) is 0 Å². The molecule has 0 spiro atoms. The number of hydrogen-bond donors (Lipinski definition) is 0. The number of aromatic nitrogens is 2. The maximum absolute atomic E-state index is 4.43. The van der Waals surface area contributed by atoms with Crippen molar-refractivity contribution < 1.29 is 0 Å². The van der Waals surface area contributed by atoms with Crippen LogP contribution in [0.4, 0.5) is 0 Å². The molecule has 1 aromatic heterocycles. The molecule has 3 rings (SSSR count). The summed E-state index contributed by atoms with van der Waals surface area (Å²) in [6.07, 6.45) is 3.89. The van der Waals surface area contributed by atoms with Crippen LogP contribution in [0.25, 0.3) is 16.9 Å². The third kappa shape index (κ3) is 1.97. The second kappa shape index (κ2) is 4.26. The number of para-hydroxylation sites is 1. The van der Waals surface area contributed by atoms with Gasteiger partial charge in [0.05, 0.1) is 12.0 Å². The molecule has 0 aliphatic rings. The highest BCUT2D eigenvalue weighted by Crippen LogP contribution is 2.18. The predicted octanol–water partition coefficient (Wildman–Crippen LogP) is 3.54. The smallest absolute Gasteiger partial charge is 0.0999 e. The molecule has 0 saturated heterocycles. The van der Waals surface area contributed by atoms with Gasteiger partial charge in [0.25, 0.3) is 0 Å². The Morgan fingerprint density at radius 2 is 1.41 bits per heavy atom. The summed E-state index contributed by atoms with van der Waals surface area (Å²) in [7, 11) is 0. The lowest BCUT2D eigenvalue weighted by Gasteiger charge is -1.99. The largest absolute Gasteiger partial charge is 0.306 e. The molecule has 0 saturated carbocycles. The molecule has 2 aromatic carbocycles. The van der Waals surface area contributed by atoms with Crippen LogP contribution in [-0.4, -0.2) is 9.55 Å². The first-order chi connectivity index (χ1) is 8.43. The van der Waals surface area contributed by atoms with Gasteiger partial charge in [-0.15, -0.1) is 0 Å². The molecule has 0 unspecified atom stereocenters. The van der Waals surface area contributed by atoms with Crippen LogP contribution in [0.15, 0.2) is 73.2 Å². The maximum atomic E-state index is 4.43. The van der Waals surface area contributed by atoms with Crippen LogP contribution in [0.5, 0.6) is 0 Å². The molecule has 0 aliphatic carbocycles. The lowest BCUT2D eigenvalue weighted by atomic mass is 10.2. The summed E-state index contributed by atoms with van der Waals surface area (Å²) in [4.78, 5) is 4.43. The van der Waals surface area contributed by atoms with Gasteiger partial charge in [-0.2, -0.15) is 0 Å². The Labute approximate surface area is 100 Å². The molecule has 82 valence electrons. The number of hydrogen-bond acceptors (Lipinski definition) is 1. The van der Waals surface area contributed by atoms with Crippen LogP contribution < -0.4 is 0 Å². The summed E-state index contributed by atoms with van der Waals surface area (Å²) >= 11 is 0. The van der Waals surface area contributed by atoms with Crippen molar-refractivity contribution in [1.29, 1.82) is 0 Å². The van der Waals surface area contributed by atoms with Crippen molar-refractivity contribution >= 4 is 0 Å². The fourth-order valence-electron chi connectivity index (χ4n) is 1.82. The van der Waals surface area contributed by atoms with Gasteiger partial charge in [0.15, 0.2) is 0 Å². The average molecular weight is 220 g/mol. The van der Waals surface area contributed by atoms with Crippen molar-refractivity contribution in [3.63, 3.8) is 0 Å². The van der Waals surface area contributed by atoms with Crippen LogP contribution in [0.1, 0.15) is 0 Å². The zero-order valence-electron chi connectivity index (χ0n) is 9.32. The topological polar surface area (TPSA) is 17.8 Å². The van der Waals surface area contributed by atoms with Gasteiger partial charge in [0.2, 0.25) is 0 Å². The van der Waals surface area contributed by atoms with Crippen molar-refractivity contribution in [3.05, 3.63) is 73.2 Å². The van der Waals surface area contributed by atoms with Gasteiger partial charge in [-0.25, -0.2) is 4.98 Å². The molecule has 0 N–H and O–H groups in total. The first-order valence-corrected chi connectivity index (χ1v) is 5.58. The first kappa shape index (κ1) is 9.85. The molecule has 0 atom stereocenters. The zero-order chi connectivity index (χ0) is 11.5. The Hall–Kier alpha value is -2.35. The highest BCUT2D eigenvalue weighted by atomic mass is 15.0. The fraction of sp³-hybridized carbons (Fsp3) is 0. The van der Waals surface area contributed by atoms with Crippen molar-refractivity contribution in [2.24, 2.45) is 0 Å². The second-order valence-corrected chi connectivity index (χ2v) is 3.87. The van der Waals surface area contributed by atoms with E-state index in [9.17, 15) is 0 Å². The summed E-state index contributed by atoms with van der Waals surface area (Å²) in [6.45, 7) is 0. The van der Waals surface area contributed by atoms with E-state index in [1.807, 2.05) is 53.5 Å². The molecule has 0 bridgehead atoms. The van der Waals surface area contributed by atoms with E-state index in [4.69, 9.17) is 0 Å². The fourth-order valence-corrected chi connectivity index (χ4v) is 1.82. The molecule has 1 heterocycles. The molecule has 0 radical (unpaired) electrons.